The van der Waals surface area contributed by atoms with Crippen LogP contribution >= 0.6 is 8.96 Å². The molecule has 0 N–H and O–H groups in total. The van der Waals surface area contributed by atoms with Crippen molar-refractivity contribution in [3.05, 3.63) is 29.9 Å². The maximum absolute atomic E-state index is 6.03. The Morgan fingerprint density at radius 1 is 1.31 bits per heavy atom. The Morgan fingerprint density at radius 2 is 2.23 bits per heavy atom. The van der Waals surface area contributed by atoms with E-state index in [1.54, 1.807) is 6.26 Å². The van der Waals surface area contributed by atoms with Gasteiger partial charge in [0.15, 0.2) is 0 Å². The Hall–Kier alpha value is -0.400. The molecular formula is C8H4ClNO2Te. The fourth-order valence-electron chi connectivity index (χ4n) is 1.34. The molecule has 0 fully saturated rings. The Balaban J connectivity index is 2.39. The topological polar surface area (TPSA) is 36.5 Å². The van der Waals surface area contributed by atoms with Crippen molar-refractivity contribution >= 4 is 48.1 Å². The van der Waals surface area contributed by atoms with Gasteiger partial charge >= 0.3 is 85.6 Å². The van der Waals surface area contributed by atoms with E-state index in [1.165, 1.54) is 0 Å². The average Bonchev–Trinajstić information content (AvgIpc) is 2.70. The first-order chi connectivity index (χ1) is 6.36. The summed E-state index contributed by atoms with van der Waals surface area (Å²) in [6.07, 6.45) is 1.65. The molecule has 0 atom stereocenters. The third-order valence-corrected chi connectivity index (χ3v) is 5.94. The van der Waals surface area contributed by atoms with E-state index in [2.05, 4.69) is 5.48 Å². The molecule has 0 aliphatic carbocycles. The van der Waals surface area contributed by atoms with Gasteiger partial charge in [0.2, 0.25) is 0 Å². The second-order valence-electron chi connectivity index (χ2n) is 2.63. The first-order valence-electron chi connectivity index (χ1n) is 3.65. The van der Waals surface area contributed by atoms with Gasteiger partial charge in [-0.1, -0.05) is 0 Å². The van der Waals surface area contributed by atoms with Crippen molar-refractivity contribution in [1.82, 2.24) is 0 Å². The molecule has 1 aliphatic heterocycles. The van der Waals surface area contributed by atoms with Crippen LogP contribution in [0.2, 0.25) is 0 Å². The molecule has 0 saturated heterocycles. The number of halogens is 1. The summed E-state index contributed by atoms with van der Waals surface area (Å²) < 4.78 is 11.4. The van der Waals surface area contributed by atoms with E-state index in [9.17, 15) is 0 Å². The van der Waals surface area contributed by atoms with Gasteiger partial charge in [-0.2, -0.15) is 0 Å². The first kappa shape index (κ1) is 7.95. The third kappa shape index (κ3) is 1.07. The van der Waals surface area contributed by atoms with Crippen LogP contribution in [0.25, 0.3) is 16.4 Å². The quantitative estimate of drug-likeness (QED) is 0.700. The zero-order valence-corrected chi connectivity index (χ0v) is 9.45. The third-order valence-electron chi connectivity index (χ3n) is 1.94. The molecule has 0 amide bonds. The Morgan fingerprint density at radius 3 is 3.15 bits per heavy atom. The second kappa shape index (κ2) is 2.79. The SMILES string of the molecule is Cl[Te+]1O[N-]c2c1ccc1occc21. The summed E-state index contributed by atoms with van der Waals surface area (Å²) in [4.78, 5) is 0. The molecule has 2 heterocycles. The van der Waals surface area contributed by atoms with E-state index in [4.69, 9.17) is 16.6 Å². The maximum atomic E-state index is 6.03. The van der Waals surface area contributed by atoms with Crippen LogP contribution in [0.15, 0.2) is 28.9 Å². The van der Waals surface area contributed by atoms with E-state index in [0.717, 1.165) is 20.3 Å². The molecule has 1 aromatic carbocycles. The van der Waals surface area contributed by atoms with Gasteiger partial charge in [0.1, 0.15) is 0 Å². The molecule has 5 heteroatoms. The number of hydrogen-bond acceptors (Lipinski definition) is 2. The molecule has 66 valence electrons. The summed E-state index contributed by atoms with van der Waals surface area (Å²) in [5, 5.41) is 0.988. The van der Waals surface area contributed by atoms with Crippen molar-refractivity contribution in [3.8, 4) is 0 Å². The van der Waals surface area contributed by atoms with E-state index in [1.807, 2.05) is 18.2 Å². The molecule has 13 heavy (non-hydrogen) atoms. The number of hydrogen-bond donors (Lipinski definition) is 0. The number of furan rings is 1. The summed E-state index contributed by atoms with van der Waals surface area (Å²) in [5.74, 6) is 0. The van der Waals surface area contributed by atoms with E-state index in [-0.39, 0.29) is 0 Å². The molecular weight excluding hydrogens is 305 g/mol. The standard InChI is InChI=1S/C8H4ClNO2Te/c9-13-7-2-1-6-5(3-4-11-6)8(7)10-12-13/h1-4H. The molecule has 3 rings (SSSR count). The molecule has 0 unspecified atom stereocenters. The van der Waals surface area contributed by atoms with Crippen LogP contribution in [0, 0.1) is 0 Å². The minimum atomic E-state index is -2.06. The Labute approximate surface area is 85.5 Å². The predicted molar refractivity (Wildman–Crippen MR) is 51.6 cm³/mol. The monoisotopic (exact) mass is 311 g/mol. The van der Waals surface area contributed by atoms with Crippen LogP contribution in [0.3, 0.4) is 0 Å². The van der Waals surface area contributed by atoms with Crippen molar-refractivity contribution in [1.29, 1.82) is 0 Å². The van der Waals surface area contributed by atoms with Crippen LogP contribution in [-0.4, -0.2) is 18.8 Å². The molecule has 0 radical (unpaired) electrons. The molecule has 1 aliphatic rings. The van der Waals surface area contributed by atoms with E-state index < -0.39 is 18.8 Å². The van der Waals surface area contributed by atoms with Crippen LogP contribution in [-0.2, 0) is 3.20 Å². The van der Waals surface area contributed by atoms with Crippen molar-refractivity contribution in [2.75, 3.05) is 0 Å². The second-order valence-corrected chi connectivity index (χ2v) is 7.47. The van der Waals surface area contributed by atoms with Crippen LogP contribution in [0.4, 0.5) is 5.69 Å². The van der Waals surface area contributed by atoms with Crippen molar-refractivity contribution in [2.24, 2.45) is 0 Å². The first-order valence-corrected chi connectivity index (χ1v) is 8.72. The van der Waals surface area contributed by atoms with E-state index in [0.29, 0.717) is 0 Å². The van der Waals surface area contributed by atoms with Crippen LogP contribution in [0.5, 0.6) is 0 Å². The normalized spacial score (nSPS) is 16.1. The predicted octanol–water partition coefficient (Wildman–Crippen LogP) is 2.32. The summed E-state index contributed by atoms with van der Waals surface area (Å²) in [6, 6.07) is 5.74. The van der Waals surface area contributed by atoms with Crippen LogP contribution < -0.4 is 3.61 Å². The van der Waals surface area contributed by atoms with E-state index >= 15 is 0 Å². The fraction of sp³-hybridized carbons (Fsp3) is 0. The van der Waals surface area contributed by atoms with Gasteiger partial charge in [0.25, 0.3) is 0 Å². The number of nitrogens with zero attached hydrogens (tertiary/aromatic N) is 1. The van der Waals surface area contributed by atoms with Crippen molar-refractivity contribution < 1.29 is 7.62 Å². The average molecular weight is 309 g/mol. The number of fused-ring (bicyclic) bond motifs is 3. The summed E-state index contributed by atoms with van der Waals surface area (Å²) >= 11 is -2.06. The molecule has 0 bridgehead atoms. The number of benzene rings is 1. The molecule has 0 spiro atoms. The summed E-state index contributed by atoms with van der Waals surface area (Å²) in [5.41, 5.74) is 5.65. The minimum absolute atomic E-state index is 0.830. The van der Waals surface area contributed by atoms with Gasteiger partial charge in [-0.25, -0.2) is 0 Å². The fourth-order valence-corrected chi connectivity index (χ4v) is 4.35. The number of rotatable bonds is 0. The van der Waals surface area contributed by atoms with Gasteiger partial charge in [-0.05, 0) is 0 Å². The zero-order valence-electron chi connectivity index (χ0n) is 6.36. The zero-order chi connectivity index (χ0) is 8.84. The Kier molecular flexibility index (Phi) is 1.71. The van der Waals surface area contributed by atoms with Gasteiger partial charge in [-0.3, -0.25) is 0 Å². The van der Waals surface area contributed by atoms with Crippen LogP contribution in [0.1, 0.15) is 0 Å². The Bertz CT molecular complexity index is 470. The van der Waals surface area contributed by atoms with Gasteiger partial charge < -0.3 is 0 Å². The van der Waals surface area contributed by atoms with Crippen molar-refractivity contribution in [3.63, 3.8) is 0 Å². The van der Waals surface area contributed by atoms with Gasteiger partial charge in [0.05, 0.1) is 0 Å². The van der Waals surface area contributed by atoms with Gasteiger partial charge in [0, 0.05) is 0 Å². The molecule has 3 nitrogen and oxygen atoms in total. The summed E-state index contributed by atoms with van der Waals surface area (Å²) in [7, 11) is 6.03. The van der Waals surface area contributed by atoms with Gasteiger partial charge in [-0.15, -0.1) is 0 Å². The molecule has 1 aromatic heterocycles. The van der Waals surface area contributed by atoms with Crippen molar-refractivity contribution in [2.45, 2.75) is 0 Å². The summed E-state index contributed by atoms with van der Waals surface area (Å²) in [6.45, 7) is 0. The molecule has 2 aromatic rings. The molecule has 0 saturated carbocycles.